The number of hydrogen-bond acceptors (Lipinski definition) is 5. The Morgan fingerprint density at radius 1 is 1.00 bits per heavy atom. The average Bonchev–Trinajstić information content (AvgIpc) is 3.10. The highest BCUT2D eigenvalue weighted by molar-refractivity contribution is 5.97. The van der Waals surface area contributed by atoms with E-state index >= 15 is 0 Å². The van der Waals surface area contributed by atoms with Crippen molar-refractivity contribution < 1.29 is 4.42 Å². The van der Waals surface area contributed by atoms with Gasteiger partial charge in [0, 0.05) is 26.8 Å². The third-order valence-corrected chi connectivity index (χ3v) is 4.50. The highest BCUT2D eigenvalue weighted by atomic mass is 16.4. The molecule has 3 heterocycles. The van der Waals surface area contributed by atoms with Gasteiger partial charge in [-0.2, -0.15) is 0 Å². The van der Waals surface area contributed by atoms with E-state index in [9.17, 15) is 9.59 Å². The van der Waals surface area contributed by atoms with E-state index < -0.39 is 11.2 Å². The smallest absolute Gasteiger partial charge is 0.333 e. The van der Waals surface area contributed by atoms with Gasteiger partial charge in [0.05, 0.1) is 11.3 Å². The lowest BCUT2D eigenvalue weighted by molar-refractivity contribution is 0.572. The number of nitrogens with one attached hydrogen (secondary N) is 1. The standard InChI is InChI=1S/C20H18N4O3/c1-23-18(25)16-15(14-10-6-7-11-21-14)17(27-19(16)24(2)20(23)26)22-12-13-8-4-3-5-9-13/h3-11,22H,12H2,1-2H3. The van der Waals surface area contributed by atoms with Gasteiger partial charge >= 0.3 is 5.69 Å². The topological polar surface area (TPSA) is 82.1 Å². The van der Waals surface area contributed by atoms with Crippen LogP contribution in [0.5, 0.6) is 0 Å². The van der Waals surface area contributed by atoms with E-state index in [2.05, 4.69) is 10.3 Å². The highest BCUT2D eigenvalue weighted by Crippen LogP contribution is 2.35. The second-order valence-corrected chi connectivity index (χ2v) is 6.25. The Balaban J connectivity index is 1.95. The van der Waals surface area contributed by atoms with E-state index in [1.807, 2.05) is 42.5 Å². The maximum atomic E-state index is 12.8. The molecular formula is C20H18N4O3. The zero-order valence-corrected chi connectivity index (χ0v) is 15.0. The number of fused-ring (bicyclic) bond motifs is 1. The lowest BCUT2D eigenvalue weighted by atomic mass is 10.1. The summed E-state index contributed by atoms with van der Waals surface area (Å²) in [5, 5.41) is 3.57. The van der Waals surface area contributed by atoms with Gasteiger partial charge in [0.15, 0.2) is 0 Å². The summed E-state index contributed by atoms with van der Waals surface area (Å²) in [7, 11) is 3.03. The van der Waals surface area contributed by atoms with Crippen molar-refractivity contribution in [2.45, 2.75) is 6.54 Å². The van der Waals surface area contributed by atoms with Crippen LogP contribution in [-0.4, -0.2) is 14.1 Å². The van der Waals surface area contributed by atoms with Crippen molar-refractivity contribution in [3.8, 4) is 11.3 Å². The summed E-state index contributed by atoms with van der Waals surface area (Å²) in [6.45, 7) is 0.509. The maximum Gasteiger partial charge on any atom is 0.333 e. The summed E-state index contributed by atoms with van der Waals surface area (Å²) in [6, 6.07) is 15.3. The van der Waals surface area contributed by atoms with E-state index in [1.165, 1.54) is 11.6 Å². The number of hydrogen-bond donors (Lipinski definition) is 1. The molecule has 7 nitrogen and oxygen atoms in total. The monoisotopic (exact) mass is 362 g/mol. The Morgan fingerprint density at radius 3 is 2.44 bits per heavy atom. The van der Waals surface area contributed by atoms with Crippen molar-refractivity contribution in [1.82, 2.24) is 14.1 Å². The molecule has 136 valence electrons. The second-order valence-electron chi connectivity index (χ2n) is 6.25. The molecule has 1 N–H and O–H groups in total. The minimum absolute atomic E-state index is 0.222. The highest BCUT2D eigenvalue weighted by Gasteiger charge is 2.23. The Kier molecular flexibility index (Phi) is 4.12. The van der Waals surface area contributed by atoms with Crippen molar-refractivity contribution in [1.29, 1.82) is 0 Å². The van der Waals surface area contributed by atoms with Gasteiger partial charge in [-0.05, 0) is 17.7 Å². The number of benzene rings is 1. The molecule has 4 aromatic rings. The molecule has 0 unspecified atom stereocenters. The third kappa shape index (κ3) is 2.83. The lowest BCUT2D eigenvalue weighted by Crippen LogP contribution is -2.36. The number of nitrogens with zero attached hydrogens (tertiary/aromatic N) is 3. The molecule has 3 aromatic heterocycles. The Labute approximate surface area is 154 Å². The molecule has 0 radical (unpaired) electrons. The lowest BCUT2D eigenvalue weighted by Gasteiger charge is -2.06. The molecule has 4 rings (SSSR count). The molecule has 0 fully saturated rings. The molecular weight excluding hydrogens is 344 g/mol. The minimum atomic E-state index is -0.441. The fraction of sp³-hybridized carbons (Fsp3) is 0.150. The number of furan rings is 1. The first kappa shape index (κ1) is 16.8. The van der Waals surface area contributed by atoms with Gasteiger partial charge < -0.3 is 9.73 Å². The SMILES string of the molecule is Cn1c(=O)c2c(-c3ccccn3)c(NCc3ccccc3)oc2n(C)c1=O. The number of aromatic nitrogens is 3. The van der Waals surface area contributed by atoms with Crippen molar-refractivity contribution in [2.24, 2.45) is 14.1 Å². The van der Waals surface area contributed by atoms with Crippen LogP contribution in [0.15, 0.2) is 68.7 Å². The Bertz CT molecular complexity index is 1220. The summed E-state index contributed by atoms with van der Waals surface area (Å²) in [5.74, 6) is 0.408. The fourth-order valence-electron chi connectivity index (χ4n) is 3.08. The minimum Gasteiger partial charge on any atom is -0.423 e. The molecule has 0 bridgehead atoms. The average molecular weight is 362 g/mol. The number of anilines is 1. The fourth-order valence-corrected chi connectivity index (χ4v) is 3.08. The van der Waals surface area contributed by atoms with Crippen molar-refractivity contribution in [3.05, 3.63) is 81.1 Å². The van der Waals surface area contributed by atoms with Crippen molar-refractivity contribution in [2.75, 3.05) is 5.32 Å². The van der Waals surface area contributed by atoms with Crippen molar-refractivity contribution in [3.63, 3.8) is 0 Å². The van der Waals surface area contributed by atoms with E-state index in [0.717, 1.165) is 10.1 Å². The van der Waals surface area contributed by atoms with Gasteiger partial charge in [-0.3, -0.25) is 18.9 Å². The first-order chi connectivity index (χ1) is 13.1. The molecule has 0 saturated carbocycles. The van der Waals surface area contributed by atoms with Crippen LogP contribution in [-0.2, 0) is 20.6 Å². The first-order valence-corrected chi connectivity index (χ1v) is 8.49. The van der Waals surface area contributed by atoms with E-state index in [4.69, 9.17) is 4.42 Å². The number of rotatable bonds is 4. The van der Waals surface area contributed by atoms with Crippen LogP contribution in [0.25, 0.3) is 22.4 Å². The molecule has 0 spiro atoms. The maximum absolute atomic E-state index is 12.8. The predicted octanol–water partition coefficient (Wildman–Crippen LogP) is 2.50. The van der Waals surface area contributed by atoms with Gasteiger partial charge in [-0.1, -0.05) is 36.4 Å². The molecule has 0 atom stereocenters. The molecule has 0 amide bonds. The van der Waals surface area contributed by atoms with Gasteiger partial charge in [-0.15, -0.1) is 0 Å². The summed E-state index contributed by atoms with van der Waals surface area (Å²) in [4.78, 5) is 29.5. The first-order valence-electron chi connectivity index (χ1n) is 8.49. The molecule has 0 aliphatic rings. The normalized spacial score (nSPS) is 11.0. The zero-order valence-electron chi connectivity index (χ0n) is 15.0. The summed E-state index contributed by atoms with van der Waals surface area (Å²) >= 11 is 0. The largest absolute Gasteiger partial charge is 0.423 e. The zero-order chi connectivity index (χ0) is 19.0. The van der Waals surface area contributed by atoms with E-state index in [0.29, 0.717) is 29.1 Å². The van der Waals surface area contributed by atoms with Gasteiger partial charge in [0.1, 0.15) is 5.39 Å². The summed E-state index contributed by atoms with van der Waals surface area (Å²) < 4.78 is 8.33. The molecule has 0 aliphatic carbocycles. The molecule has 7 heteroatoms. The van der Waals surface area contributed by atoms with Crippen LogP contribution in [0.4, 0.5) is 5.88 Å². The van der Waals surface area contributed by atoms with Crippen LogP contribution < -0.4 is 16.6 Å². The van der Waals surface area contributed by atoms with Gasteiger partial charge in [-0.25, -0.2) is 4.79 Å². The van der Waals surface area contributed by atoms with Crippen LogP contribution >= 0.6 is 0 Å². The Morgan fingerprint density at radius 2 is 1.74 bits per heavy atom. The van der Waals surface area contributed by atoms with Crippen LogP contribution in [0, 0.1) is 0 Å². The number of pyridine rings is 1. The molecule has 0 saturated heterocycles. The predicted molar refractivity (Wildman–Crippen MR) is 104 cm³/mol. The van der Waals surface area contributed by atoms with E-state index in [1.54, 1.807) is 19.3 Å². The van der Waals surface area contributed by atoms with Crippen molar-refractivity contribution >= 4 is 17.0 Å². The second kappa shape index (κ2) is 6.60. The summed E-state index contributed by atoms with van der Waals surface area (Å²) in [6.07, 6.45) is 1.65. The number of aryl methyl sites for hydroxylation is 1. The van der Waals surface area contributed by atoms with Crippen LogP contribution in [0.2, 0.25) is 0 Å². The molecule has 1 aromatic carbocycles. The molecule has 27 heavy (non-hydrogen) atoms. The molecule has 0 aliphatic heterocycles. The van der Waals surface area contributed by atoms with Crippen LogP contribution in [0.1, 0.15) is 5.56 Å². The summed E-state index contributed by atoms with van der Waals surface area (Å²) in [5.41, 5.74) is 1.58. The quantitative estimate of drug-likeness (QED) is 0.603. The van der Waals surface area contributed by atoms with Gasteiger partial charge in [0.25, 0.3) is 5.56 Å². The Hall–Kier alpha value is -3.61. The third-order valence-electron chi connectivity index (χ3n) is 4.50. The van der Waals surface area contributed by atoms with Crippen LogP contribution in [0.3, 0.4) is 0 Å². The van der Waals surface area contributed by atoms with Gasteiger partial charge in [0.2, 0.25) is 11.6 Å². The van der Waals surface area contributed by atoms with E-state index in [-0.39, 0.29) is 5.71 Å².